The van der Waals surface area contributed by atoms with Crippen LogP contribution in [0.15, 0.2) is 0 Å². The van der Waals surface area contributed by atoms with Crippen LogP contribution in [0.1, 0.15) is 38.5 Å². The Morgan fingerprint density at radius 2 is 2.00 bits per heavy atom. The third-order valence-corrected chi connectivity index (χ3v) is 3.81. The van der Waals surface area contributed by atoms with Crippen LogP contribution in [-0.4, -0.2) is 30.4 Å². The third kappa shape index (κ3) is 3.63. The number of carbonyl (C=O) groups is 1. The first kappa shape index (κ1) is 13.8. The first-order valence-corrected chi connectivity index (χ1v) is 6.16. The largest absolute Gasteiger partial charge is 0.345 e. The first-order valence-electron chi connectivity index (χ1n) is 6.16. The van der Waals surface area contributed by atoms with Crippen molar-refractivity contribution in [1.82, 2.24) is 4.90 Å². The molecule has 0 aromatic rings. The SMILES string of the molecule is CN(CC1CC1)C(=O)C[C@@H]1CCC[C@H]1N.Cl. The molecule has 3 nitrogen and oxygen atoms in total. The smallest absolute Gasteiger partial charge is 0.222 e. The fourth-order valence-electron chi connectivity index (χ4n) is 2.49. The van der Waals surface area contributed by atoms with Crippen LogP contribution in [-0.2, 0) is 4.79 Å². The Morgan fingerprint density at radius 1 is 1.31 bits per heavy atom. The van der Waals surface area contributed by atoms with Crippen LogP contribution >= 0.6 is 12.4 Å². The lowest BCUT2D eigenvalue weighted by Crippen LogP contribution is -2.34. The second kappa shape index (κ2) is 5.87. The number of halogens is 1. The molecule has 2 saturated carbocycles. The van der Waals surface area contributed by atoms with Gasteiger partial charge in [-0.25, -0.2) is 0 Å². The molecular formula is C12H23ClN2O. The zero-order chi connectivity index (χ0) is 10.8. The molecule has 0 aromatic heterocycles. The Kier molecular flexibility index (Phi) is 5.06. The van der Waals surface area contributed by atoms with Crippen LogP contribution in [0.3, 0.4) is 0 Å². The van der Waals surface area contributed by atoms with Crippen molar-refractivity contribution in [3.63, 3.8) is 0 Å². The summed E-state index contributed by atoms with van der Waals surface area (Å²) in [6.07, 6.45) is 6.73. The molecule has 0 aliphatic heterocycles. The highest BCUT2D eigenvalue weighted by Gasteiger charge is 2.29. The fraction of sp³-hybridized carbons (Fsp3) is 0.917. The molecule has 16 heavy (non-hydrogen) atoms. The fourth-order valence-corrected chi connectivity index (χ4v) is 2.49. The lowest BCUT2D eigenvalue weighted by atomic mass is 9.99. The molecule has 94 valence electrons. The summed E-state index contributed by atoms with van der Waals surface area (Å²) in [7, 11) is 1.93. The Morgan fingerprint density at radius 3 is 2.50 bits per heavy atom. The Bertz CT molecular complexity index is 243. The molecule has 0 unspecified atom stereocenters. The van der Waals surface area contributed by atoms with Crippen LogP contribution < -0.4 is 5.73 Å². The summed E-state index contributed by atoms with van der Waals surface area (Å²) in [6.45, 7) is 0.959. The van der Waals surface area contributed by atoms with E-state index in [2.05, 4.69) is 0 Å². The van der Waals surface area contributed by atoms with Crippen LogP contribution in [0.25, 0.3) is 0 Å². The van der Waals surface area contributed by atoms with Gasteiger partial charge in [-0.15, -0.1) is 12.4 Å². The van der Waals surface area contributed by atoms with Gasteiger partial charge in [-0.3, -0.25) is 4.79 Å². The molecule has 0 radical (unpaired) electrons. The number of amides is 1. The van der Waals surface area contributed by atoms with Gasteiger partial charge >= 0.3 is 0 Å². The van der Waals surface area contributed by atoms with E-state index < -0.39 is 0 Å². The highest BCUT2D eigenvalue weighted by Crippen LogP contribution is 2.31. The lowest BCUT2D eigenvalue weighted by molar-refractivity contribution is -0.131. The molecule has 4 heteroatoms. The number of rotatable bonds is 4. The van der Waals surface area contributed by atoms with Crippen molar-refractivity contribution < 1.29 is 4.79 Å². The molecule has 2 N–H and O–H groups in total. The van der Waals surface area contributed by atoms with E-state index in [1.165, 1.54) is 19.3 Å². The highest BCUT2D eigenvalue weighted by atomic mass is 35.5. The molecule has 1 amide bonds. The maximum atomic E-state index is 11.9. The quantitative estimate of drug-likeness (QED) is 0.822. The van der Waals surface area contributed by atoms with E-state index in [4.69, 9.17) is 5.73 Å². The zero-order valence-corrected chi connectivity index (χ0v) is 10.8. The van der Waals surface area contributed by atoms with Gasteiger partial charge in [0.2, 0.25) is 5.91 Å². The van der Waals surface area contributed by atoms with E-state index in [0.717, 1.165) is 25.3 Å². The second-order valence-corrected chi connectivity index (χ2v) is 5.28. The molecule has 0 spiro atoms. The van der Waals surface area contributed by atoms with Crippen molar-refractivity contribution in [2.45, 2.75) is 44.6 Å². The van der Waals surface area contributed by atoms with Crippen LogP contribution in [0.4, 0.5) is 0 Å². The molecule has 2 aliphatic rings. The van der Waals surface area contributed by atoms with E-state index in [9.17, 15) is 4.79 Å². The molecular weight excluding hydrogens is 224 g/mol. The van der Waals surface area contributed by atoms with Gasteiger partial charge in [-0.1, -0.05) is 6.42 Å². The Labute approximate surface area is 104 Å². The number of hydrogen-bond acceptors (Lipinski definition) is 2. The van der Waals surface area contributed by atoms with Gasteiger partial charge in [0.15, 0.2) is 0 Å². The average molecular weight is 247 g/mol. The van der Waals surface area contributed by atoms with Gasteiger partial charge in [0.25, 0.3) is 0 Å². The van der Waals surface area contributed by atoms with Crippen molar-refractivity contribution in [1.29, 1.82) is 0 Å². The number of carbonyl (C=O) groups excluding carboxylic acids is 1. The van der Waals surface area contributed by atoms with E-state index in [0.29, 0.717) is 18.2 Å². The van der Waals surface area contributed by atoms with Crippen LogP contribution in [0.5, 0.6) is 0 Å². The maximum Gasteiger partial charge on any atom is 0.222 e. The number of nitrogens with zero attached hydrogens (tertiary/aromatic N) is 1. The second-order valence-electron chi connectivity index (χ2n) is 5.28. The third-order valence-electron chi connectivity index (χ3n) is 3.81. The summed E-state index contributed by atoms with van der Waals surface area (Å²) in [5, 5.41) is 0. The summed E-state index contributed by atoms with van der Waals surface area (Å²) >= 11 is 0. The monoisotopic (exact) mass is 246 g/mol. The van der Waals surface area contributed by atoms with E-state index in [-0.39, 0.29) is 18.4 Å². The van der Waals surface area contributed by atoms with Gasteiger partial charge < -0.3 is 10.6 Å². The van der Waals surface area contributed by atoms with Crippen molar-refractivity contribution in [2.24, 2.45) is 17.6 Å². The first-order chi connectivity index (χ1) is 7.16. The van der Waals surface area contributed by atoms with Gasteiger partial charge in [0.05, 0.1) is 0 Å². The molecule has 0 saturated heterocycles. The summed E-state index contributed by atoms with van der Waals surface area (Å²) < 4.78 is 0. The Balaban J connectivity index is 0.00000128. The van der Waals surface area contributed by atoms with E-state index in [1.807, 2.05) is 11.9 Å². The molecule has 2 atom stereocenters. The molecule has 2 aliphatic carbocycles. The average Bonchev–Trinajstić information content (AvgIpc) is 2.92. The van der Waals surface area contributed by atoms with Crippen LogP contribution in [0.2, 0.25) is 0 Å². The van der Waals surface area contributed by atoms with Crippen LogP contribution in [0, 0.1) is 11.8 Å². The molecule has 0 bridgehead atoms. The predicted molar refractivity (Wildman–Crippen MR) is 67.5 cm³/mol. The summed E-state index contributed by atoms with van der Waals surface area (Å²) in [4.78, 5) is 13.8. The number of nitrogens with two attached hydrogens (primary N) is 1. The van der Waals surface area contributed by atoms with Gasteiger partial charge in [0.1, 0.15) is 0 Å². The van der Waals surface area contributed by atoms with Crippen molar-refractivity contribution in [3.05, 3.63) is 0 Å². The topological polar surface area (TPSA) is 46.3 Å². The summed E-state index contributed by atoms with van der Waals surface area (Å²) in [5.41, 5.74) is 5.97. The minimum atomic E-state index is 0. The minimum absolute atomic E-state index is 0. The standard InChI is InChI=1S/C12H22N2O.ClH/c1-14(8-9-5-6-9)12(15)7-10-3-2-4-11(10)13;/h9-11H,2-8,13H2,1H3;1H/t10-,11+;/m0./s1. The summed E-state index contributed by atoms with van der Waals surface area (Å²) in [5.74, 6) is 1.53. The summed E-state index contributed by atoms with van der Waals surface area (Å²) in [6, 6.07) is 0.267. The van der Waals surface area contributed by atoms with E-state index in [1.54, 1.807) is 0 Å². The van der Waals surface area contributed by atoms with Crippen molar-refractivity contribution in [2.75, 3.05) is 13.6 Å². The van der Waals surface area contributed by atoms with Crippen molar-refractivity contribution in [3.8, 4) is 0 Å². The molecule has 2 rings (SSSR count). The number of hydrogen-bond donors (Lipinski definition) is 1. The highest BCUT2D eigenvalue weighted by molar-refractivity contribution is 5.85. The van der Waals surface area contributed by atoms with Gasteiger partial charge in [-0.05, 0) is 37.5 Å². The van der Waals surface area contributed by atoms with E-state index >= 15 is 0 Å². The lowest BCUT2D eigenvalue weighted by Gasteiger charge is -2.21. The van der Waals surface area contributed by atoms with Gasteiger partial charge in [-0.2, -0.15) is 0 Å². The minimum Gasteiger partial charge on any atom is -0.345 e. The van der Waals surface area contributed by atoms with Crippen molar-refractivity contribution >= 4 is 18.3 Å². The molecule has 2 fully saturated rings. The maximum absolute atomic E-state index is 11.9. The zero-order valence-electron chi connectivity index (χ0n) is 10.0. The van der Waals surface area contributed by atoms with Gasteiger partial charge in [0, 0.05) is 26.1 Å². The Hall–Kier alpha value is -0.280. The normalized spacial score (nSPS) is 28.6. The molecule has 0 heterocycles. The predicted octanol–water partition coefficient (Wildman–Crippen LogP) is 1.79. The molecule has 0 aromatic carbocycles.